The van der Waals surface area contributed by atoms with Crippen LogP contribution < -0.4 is 15.8 Å². The molecule has 4 heteroatoms. The van der Waals surface area contributed by atoms with E-state index in [9.17, 15) is 5.11 Å². The molecular weight excluding hydrogens is 204 g/mol. The van der Waals surface area contributed by atoms with E-state index in [0.29, 0.717) is 6.54 Å². The van der Waals surface area contributed by atoms with Crippen molar-refractivity contribution in [3.8, 4) is 5.75 Å². The lowest BCUT2D eigenvalue weighted by atomic mass is 10.1. The molecule has 0 aliphatic carbocycles. The molecule has 0 amide bonds. The quantitative estimate of drug-likeness (QED) is 0.674. The summed E-state index contributed by atoms with van der Waals surface area (Å²) in [5.41, 5.74) is 7.47. The maximum atomic E-state index is 9.38. The first-order chi connectivity index (χ1) is 7.71. The number of nitrogens with one attached hydrogen (secondary N) is 1. The number of hydrogen-bond donors (Lipinski definition) is 3. The molecular formula is C12H20N2O2. The average Bonchev–Trinajstić information content (AvgIpc) is 2.35. The number of ether oxygens (including phenoxy) is 1. The summed E-state index contributed by atoms with van der Waals surface area (Å²) in [5, 5.41) is 12.5. The number of rotatable bonds is 6. The van der Waals surface area contributed by atoms with E-state index in [0.717, 1.165) is 17.9 Å². The van der Waals surface area contributed by atoms with Crippen LogP contribution in [0.2, 0.25) is 0 Å². The molecule has 16 heavy (non-hydrogen) atoms. The van der Waals surface area contributed by atoms with E-state index in [4.69, 9.17) is 10.5 Å². The Morgan fingerprint density at radius 3 is 2.81 bits per heavy atom. The molecule has 0 aliphatic heterocycles. The first-order valence-corrected chi connectivity index (χ1v) is 5.50. The van der Waals surface area contributed by atoms with Gasteiger partial charge in [-0.2, -0.15) is 0 Å². The maximum Gasteiger partial charge on any atom is 0.141 e. The highest BCUT2D eigenvalue weighted by atomic mass is 16.5. The van der Waals surface area contributed by atoms with Crippen molar-refractivity contribution in [1.29, 1.82) is 0 Å². The number of anilines is 1. The molecule has 4 nitrogen and oxygen atoms in total. The van der Waals surface area contributed by atoms with Gasteiger partial charge in [-0.25, -0.2) is 0 Å². The monoisotopic (exact) mass is 224 g/mol. The first kappa shape index (κ1) is 12.8. The number of hydrogen-bond acceptors (Lipinski definition) is 4. The van der Waals surface area contributed by atoms with Crippen LogP contribution in [0.3, 0.4) is 0 Å². The lowest BCUT2D eigenvalue weighted by molar-refractivity contribution is 0.196. The first-order valence-electron chi connectivity index (χ1n) is 5.50. The zero-order valence-corrected chi connectivity index (χ0v) is 9.86. The lowest BCUT2D eigenvalue weighted by Gasteiger charge is -2.14. The third-order valence-corrected chi connectivity index (χ3v) is 2.47. The van der Waals surface area contributed by atoms with Gasteiger partial charge in [0, 0.05) is 13.1 Å². The van der Waals surface area contributed by atoms with Gasteiger partial charge in [0.1, 0.15) is 5.75 Å². The number of aryl methyl sites for hydroxylation is 1. The van der Waals surface area contributed by atoms with Gasteiger partial charge in [0.25, 0.3) is 0 Å². The van der Waals surface area contributed by atoms with Gasteiger partial charge in [0.2, 0.25) is 0 Å². The Kier molecular flexibility index (Phi) is 5.08. The third-order valence-electron chi connectivity index (χ3n) is 2.47. The van der Waals surface area contributed by atoms with Gasteiger partial charge >= 0.3 is 0 Å². The molecule has 0 aliphatic rings. The summed E-state index contributed by atoms with van der Waals surface area (Å²) in [6.45, 7) is 2.78. The Hall–Kier alpha value is -1.26. The molecule has 0 spiro atoms. The Labute approximate surface area is 96.4 Å². The van der Waals surface area contributed by atoms with Gasteiger partial charge in [-0.1, -0.05) is 13.0 Å². The Morgan fingerprint density at radius 1 is 1.50 bits per heavy atom. The summed E-state index contributed by atoms with van der Waals surface area (Å²) in [4.78, 5) is 0. The largest absolute Gasteiger partial charge is 0.495 e. The van der Waals surface area contributed by atoms with E-state index in [2.05, 4.69) is 12.2 Å². The highest BCUT2D eigenvalue weighted by molar-refractivity contribution is 5.58. The summed E-state index contributed by atoms with van der Waals surface area (Å²) in [5.74, 6) is 0.779. The molecule has 0 radical (unpaired) electrons. The molecule has 0 saturated carbocycles. The molecule has 4 N–H and O–H groups in total. The summed E-state index contributed by atoms with van der Waals surface area (Å²) in [7, 11) is 1.63. The fraction of sp³-hybridized carbons (Fsp3) is 0.500. The molecule has 0 heterocycles. The number of methoxy groups -OCH3 is 1. The second-order valence-corrected chi connectivity index (χ2v) is 3.66. The topological polar surface area (TPSA) is 67.5 Å². The van der Waals surface area contributed by atoms with Crippen LogP contribution in [0.4, 0.5) is 5.69 Å². The predicted molar refractivity (Wildman–Crippen MR) is 65.9 cm³/mol. The summed E-state index contributed by atoms with van der Waals surface area (Å²) < 4.78 is 5.24. The Balaban J connectivity index is 2.75. The molecule has 0 bridgehead atoms. The molecule has 1 atom stereocenters. The highest BCUT2D eigenvalue weighted by Crippen LogP contribution is 2.25. The molecule has 1 rings (SSSR count). The minimum Gasteiger partial charge on any atom is -0.495 e. The van der Waals surface area contributed by atoms with Gasteiger partial charge < -0.3 is 20.9 Å². The van der Waals surface area contributed by atoms with E-state index in [1.807, 2.05) is 18.2 Å². The minimum absolute atomic E-state index is 0.253. The minimum atomic E-state index is -0.532. The number of aliphatic hydroxyl groups is 1. The van der Waals surface area contributed by atoms with E-state index in [-0.39, 0.29) is 6.54 Å². The van der Waals surface area contributed by atoms with Crippen LogP contribution in [0, 0.1) is 0 Å². The van der Waals surface area contributed by atoms with E-state index in [1.165, 1.54) is 5.56 Å². The van der Waals surface area contributed by atoms with Crippen LogP contribution in [0.25, 0.3) is 0 Å². The smallest absolute Gasteiger partial charge is 0.141 e. The normalized spacial score (nSPS) is 12.2. The number of nitrogens with two attached hydrogens (primary N) is 1. The Bertz CT molecular complexity index is 329. The van der Waals surface area contributed by atoms with Crippen molar-refractivity contribution < 1.29 is 9.84 Å². The molecule has 90 valence electrons. The molecule has 0 saturated heterocycles. The van der Waals surface area contributed by atoms with Gasteiger partial charge in [0.05, 0.1) is 18.9 Å². The Morgan fingerprint density at radius 2 is 2.25 bits per heavy atom. The zero-order valence-electron chi connectivity index (χ0n) is 9.86. The standard InChI is InChI=1S/C12H20N2O2/c1-3-9-4-5-12(16-2)11(6-9)14-8-10(15)7-13/h4-6,10,14-15H,3,7-8,13H2,1-2H3. The van der Waals surface area contributed by atoms with Gasteiger partial charge in [-0.15, -0.1) is 0 Å². The van der Waals surface area contributed by atoms with E-state index < -0.39 is 6.10 Å². The zero-order chi connectivity index (χ0) is 12.0. The number of benzene rings is 1. The second-order valence-electron chi connectivity index (χ2n) is 3.66. The van der Waals surface area contributed by atoms with Crippen LogP contribution in [-0.2, 0) is 6.42 Å². The molecule has 1 aromatic carbocycles. The van der Waals surface area contributed by atoms with Crippen molar-refractivity contribution in [2.24, 2.45) is 5.73 Å². The van der Waals surface area contributed by atoms with E-state index >= 15 is 0 Å². The molecule has 1 aromatic rings. The fourth-order valence-electron chi connectivity index (χ4n) is 1.42. The van der Waals surface area contributed by atoms with Crippen molar-refractivity contribution >= 4 is 5.69 Å². The van der Waals surface area contributed by atoms with Crippen molar-refractivity contribution in [2.45, 2.75) is 19.4 Å². The SMILES string of the molecule is CCc1ccc(OC)c(NCC(O)CN)c1. The fourth-order valence-corrected chi connectivity index (χ4v) is 1.42. The van der Waals surface area contributed by atoms with Crippen LogP contribution in [0.1, 0.15) is 12.5 Å². The average molecular weight is 224 g/mol. The summed E-state index contributed by atoms with van der Waals surface area (Å²) >= 11 is 0. The van der Waals surface area contributed by atoms with Gasteiger partial charge in [0.15, 0.2) is 0 Å². The molecule has 0 fully saturated rings. The van der Waals surface area contributed by atoms with Crippen molar-refractivity contribution in [3.05, 3.63) is 23.8 Å². The third kappa shape index (κ3) is 3.40. The lowest BCUT2D eigenvalue weighted by Crippen LogP contribution is -2.27. The van der Waals surface area contributed by atoms with Crippen molar-refractivity contribution in [3.63, 3.8) is 0 Å². The molecule has 1 unspecified atom stereocenters. The van der Waals surface area contributed by atoms with Gasteiger partial charge in [-0.05, 0) is 24.1 Å². The maximum absolute atomic E-state index is 9.38. The predicted octanol–water partition coefficient (Wildman–Crippen LogP) is 0.989. The number of aliphatic hydroxyl groups excluding tert-OH is 1. The van der Waals surface area contributed by atoms with Crippen molar-refractivity contribution in [2.75, 3.05) is 25.5 Å². The van der Waals surface area contributed by atoms with E-state index in [1.54, 1.807) is 7.11 Å². The van der Waals surface area contributed by atoms with Crippen LogP contribution >= 0.6 is 0 Å². The highest BCUT2D eigenvalue weighted by Gasteiger charge is 2.06. The van der Waals surface area contributed by atoms with Crippen molar-refractivity contribution in [1.82, 2.24) is 0 Å². The second kappa shape index (κ2) is 6.35. The summed E-state index contributed by atoms with van der Waals surface area (Å²) in [6, 6.07) is 5.99. The molecule has 0 aromatic heterocycles. The van der Waals surface area contributed by atoms with Crippen LogP contribution in [0.15, 0.2) is 18.2 Å². The van der Waals surface area contributed by atoms with Crippen LogP contribution in [0.5, 0.6) is 5.75 Å². The van der Waals surface area contributed by atoms with Gasteiger partial charge in [-0.3, -0.25) is 0 Å². The van der Waals surface area contributed by atoms with Crippen LogP contribution in [-0.4, -0.2) is 31.4 Å². The summed E-state index contributed by atoms with van der Waals surface area (Å²) in [6.07, 6.45) is 0.438.